The third kappa shape index (κ3) is 15.4. The number of primary amides is 1. The Balaban J connectivity index is 0.000000141. The minimum absolute atomic E-state index is 0.0989. The molecule has 0 saturated heterocycles. The van der Waals surface area contributed by atoms with E-state index in [1.807, 2.05) is 146 Å². The predicted molar refractivity (Wildman–Crippen MR) is 429 cm³/mol. The maximum absolute atomic E-state index is 14.6. The monoisotopic (exact) mass is 1490 g/mol. The highest BCUT2D eigenvalue weighted by Crippen LogP contribution is 2.44. The second-order valence-corrected chi connectivity index (χ2v) is 30.4. The third-order valence-corrected chi connectivity index (χ3v) is 21.7. The van der Waals surface area contributed by atoms with Gasteiger partial charge in [0.15, 0.2) is 0 Å². The summed E-state index contributed by atoms with van der Waals surface area (Å²) in [4.78, 5) is 16.2. The number of nitriles is 2. The Bertz CT molecular complexity index is 5410. The minimum atomic E-state index is -0.450. The van der Waals surface area contributed by atoms with Crippen LogP contribution in [0.4, 0.5) is 24.5 Å². The second kappa shape index (κ2) is 31.6. The molecule has 5 heterocycles. The summed E-state index contributed by atoms with van der Waals surface area (Å²) in [6.45, 7) is 33.2. The fourth-order valence-electron chi connectivity index (χ4n) is 15.2. The molecule has 0 bridgehead atoms. The Morgan fingerprint density at radius 2 is 0.748 bits per heavy atom. The minimum Gasteiger partial charge on any atom is -0.366 e. The number of carbonyl (C=O) groups excluding carboxylic acids is 1. The second-order valence-electron chi connectivity index (χ2n) is 29.6. The predicted octanol–water partition coefficient (Wildman–Crippen LogP) is 22.0. The SMILES string of the molecule is Cc1cc(F)c(C(C)C)cc1Br.Cc1cc(F)c(C(C)C)cc1N1Cc2nn(-c3c(C)cccc3C)c(-c3ccc(C#N)cc3)c2C1.Cc1cc(F)c(C(C)C)cc1N1Cc2nn(-c3c(C)cccc3C)c(-c3ccc(C(N)=O)cc3)c2C1.Cc1cccc(C)c1-n1nc2c(c1-c1ccc(C#N)cc1)CCC2. The van der Waals surface area contributed by atoms with Gasteiger partial charge in [0.2, 0.25) is 5.91 Å². The Kier molecular flexibility index (Phi) is 22.3. The summed E-state index contributed by atoms with van der Waals surface area (Å²) in [5.41, 5.74) is 38.1. The lowest BCUT2D eigenvalue weighted by molar-refractivity contribution is 0.1000. The van der Waals surface area contributed by atoms with Crippen molar-refractivity contribution in [2.24, 2.45) is 5.73 Å². The molecule has 0 radical (unpaired) electrons. The van der Waals surface area contributed by atoms with Gasteiger partial charge in [-0.3, -0.25) is 4.79 Å². The van der Waals surface area contributed by atoms with Crippen LogP contribution in [0.2, 0.25) is 0 Å². The Morgan fingerprint density at radius 3 is 1.09 bits per heavy atom. The van der Waals surface area contributed by atoms with Gasteiger partial charge in [-0.05, 0) is 239 Å². The number of para-hydroxylation sites is 3. The molecular weight excluding hydrogens is 1400 g/mol. The van der Waals surface area contributed by atoms with E-state index in [1.165, 1.54) is 45.7 Å². The van der Waals surface area contributed by atoms with Gasteiger partial charge in [-0.2, -0.15) is 25.8 Å². The van der Waals surface area contributed by atoms with Crippen LogP contribution in [0.15, 0.2) is 168 Å². The van der Waals surface area contributed by atoms with E-state index in [0.717, 1.165) is 141 Å². The summed E-state index contributed by atoms with van der Waals surface area (Å²) < 4.78 is 49.7. The molecule has 12 aromatic rings. The highest BCUT2D eigenvalue weighted by atomic mass is 79.9. The lowest BCUT2D eigenvalue weighted by atomic mass is 9.99. The van der Waals surface area contributed by atoms with E-state index >= 15 is 0 Å². The van der Waals surface area contributed by atoms with Gasteiger partial charge in [0.05, 0.1) is 87.6 Å². The highest BCUT2D eigenvalue weighted by Gasteiger charge is 2.34. The number of aryl methyl sites for hydroxylation is 10. The molecule has 0 spiro atoms. The molecule has 0 atom stereocenters. The van der Waals surface area contributed by atoms with Crippen molar-refractivity contribution in [3.63, 3.8) is 0 Å². The van der Waals surface area contributed by atoms with Crippen molar-refractivity contribution in [3.05, 3.63) is 303 Å². The number of carbonyl (C=O) groups is 1. The molecule has 3 aromatic heterocycles. The van der Waals surface area contributed by atoms with Crippen LogP contribution in [0.5, 0.6) is 0 Å². The van der Waals surface area contributed by atoms with Crippen LogP contribution in [0.3, 0.4) is 0 Å². The average molecular weight is 1490 g/mol. The number of fused-ring (bicyclic) bond motifs is 3. The molecule has 1 aliphatic carbocycles. The van der Waals surface area contributed by atoms with E-state index in [9.17, 15) is 23.2 Å². The van der Waals surface area contributed by atoms with E-state index in [-0.39, 0.29) is 35.2 Å². The molecule has 0 fully saturated rings. The molecule has 16 heteroatoms. The molecule has 0 unspecified atom stereocenters. The summed E-state index contributed by atoms with van der Waals surface area (Å²) in [5.74, 6) is -0.402. The van der Waals surface area contributed by atoms with E-state index < -0.39 is 5.91 Å². The smallest absolute Gasteiger partial charge is 0.248 e. The first-order chi connectivity index (χ1) is 51.1. The van der Waals surface area contributed by atoms with Crippen LogP contribution in [0, 0.1) is 102 Å². The van der Waals surface area contributed by atoms with E-state index in [0.29, 0.717) is 42.9 Å². The van der Waals surface area contributed by atoms with Crippen LogP contribution in [0.25, 0.3) is 50.8 Å². The lowest BCUT2D eigenvalue weighted by Gasteiger charge is -2.23. The standard InChI is InChI=1S/C30H31FN4O.C30H29FN4.C21H19N3.C10H12BrF/c1-17(2)23-14-27(20(5)13-25(23)31)34-15-24-26(16-34)33-35(28-18(3)7-6-8-19(28)4)29(24)21-9-11-22(12-10-21)30(32)36;1-18(2)24-14-28(21(5)13-26(24)31)34-16-25-27(17-34)33-35(29-19(3)7-6-8-20(29)4)30(25)23-11-9-22(15-32)10-12-23;1-14-5-3-6-15(2)20(14)24-21(18-7-4-8-19(18)23-24)17-11-9-16(13-22)10-12-17;1-6(2)8-5-9(11)7(3)4-10(8)12/h6-14,17H,15-16H2,1-5H3,(H2,32,36);6-14,18H,16-17H2,1-5H3;3,5-6,9-12H,4,7-8H2,1-2H3;4-6H,1-3H3. The molecule has 107 heavy (non-hydrogen) atoms. The molecule has 0 saturated carbocycles. The van der Waals surface area contributed by atoms with Crippen molar-refractivity contribution in [2.45, 2.75) is 167 Å². The summed E-state index contributed by atoms with van der Waals surface area (Å²) in [5, 5.41) is 33.5. The zero-order valence-corrected chi connectivity index (χ0v) is 65.3. The number of nitrogens with zero attached hydrogens (tertiary/aromatic N) is 10. The summed E-state index contributed by atoms with van der Waals surface area (Å²) in [7, 11) is 0. The third-order valence-electron chi connectivity index (χ3n) is 20.8. The van der Waals surface area contributed by atoms with Gasteiger partial charge in [-0.15, -0.1) is 0 Å². The van der Waals surface area contributed by atoms with Gasteiger partial charge in [-0.1, -0.05) is 148 Å². The van der Waals surface area contributed by atoms with Gasteiger partial charge in [0.1, 0.15) is 17.5 Å². The summed E-state index contributed by atoms with van der Waals surface area (Å²) in [6.07, 6.45) is 3.31. The van der Waals surface area contributed by atoms with Gasteiger partial charge in [0.25, 0.3) is 0 Å². The van der Waals surface area contributed by atoms with Crippen molar-refractivity contribution in [3.8, 4) is 63.0 Å². The average Bonchev–Trinajstić information content (AvgIpc) is 1.61. The van der Waals surface area contributed by atoms with Crippen LogP contribution in [-0.2, 0) is 39.0 Å². The molecule has 9 aromatic carbocycles. The number of rotatable bonds is 12. The van der Waals surface area contributed by atoms with Gasteiger partial charge >= 0.3 is 0 Å². The molecule has 3 aliphatic rings. The number of anilines is 2. The van der Waals surface area contributed by atoms with Crippen molar-refractivity contribution < 1.29 is 18.0 Å². The van der Waals surface area contributed by atoms with Gasteiger partial charge in [0, 0.05) is 67.9 Å². The summed E-state index contributed by atoms with van der Waals surface area (Å²) in [6, 6.07) is 57.0. The van der Waals surface area contributed by atoms with Crippen LogP contribution >= 0.6 is 15.9 Å². The number of nitrogens with two attached hydrogens (primary N) is 1. The fraction of sp³-hybridized carbons (Fsp3) is 0.275. The van der Waals surface area contributed by atoms with Crippen LogP contribution in [-0.4, -0.2) is 35.2 Å². The zero-order valence-electron chi connectivity index (χ0n) is 63.7. The molecule has 1 amide bonds. The van der Waals surface area contributed by atoms with Gasteiger partial charge < -0.3 is 15.5 Å². The lowest BCUT2D eigenvalue weighted by Crippen LogP contribution is -2.18. The molecule has 2 N–H and O–H groups in total. The molecular formula is C91H91BrF3N11O. The molecule has 12 nitrogen and oxygen atoms in total. The highest BCUT2D eigenvalue weighted by molar-refractivity contribution is 9.10. The fourth-order valence-corrected chi connectivity index (χ4v) is 15.5. The summed E-state index contributed by atoms with van der Waals surface area (Å²) >= 11 is 3.38. The molecule has 2 aliphatic heterocycles. The maximum Gasteiger partial charge on any atom is 0.248 e. The number of aromatic nitrogens is 6. The number of hydrogen-bond donors (Lipinski definition) is 1. The van der Waals surface area contributed by atoms with E-state index in [4.69, 9.17) is 26.3 Å². The van der Waals surface area contributed by atoms with Crippen molar-refractivity contribution in [2.75, 3.05) is 9.80 Å². The molecule has 15 rings (SSSR count). The number of amides is 1. The van der Waals surface area contributed by atoms with Crippen molar-refractivity contribution in [1.29, 1.82) is 10.5 Å². The van der Waals surface area contributed by atoms with Crippen molar-refractivity contribution in [1.82, 2.24) is 29.3 Å². The topological polar surface area (TPSA) is 151 Å². The number of benzene rings is 9. The Morgan fingerprint density at radius 1 is 0.421 bits per heavy atom. The van der Waals surface area contributed by atoms with E-state index in [1.54, 1.807) is 30.3 Å². The normalized spacial score (nSPS) is 12.6. The largest absolute Gasteiger partial charge is 0.366 e. The molecule has 544 valence electrons. The van der Waals surface area contributed by atoms with Crippen molar-refractivity contribution >= 4 is 33.2 Å². The first-order valence-corrected chi connectivity index (χ1v) is 37.4. The quantitative estimate of drug-likeness (QED) is 0.127. The Hall–Kier alpha value is -11.1. The van der Waals surface area contributed by atoms with Crippen LogP contribution in [0.1, 0.15) is 188 Å². The first kappa shape index (κ1) is 75.6. The maximum atomic E-state index is 14.6. The van der Waals surface area contributed by atoms with E-state index in [2.05, 4.69) is 143 Å². The van der Waals surface area contributed by atoms with Crippen LogP contribution < -0.4 is 15.5 Å². The zero-order chi connectivity index (χ0) is 76.6. The first-order valence-electron chi connectivity index (χ1n) is 36.6. The Labute approximate surface area is 635 Å². The van der Waals surface area contributed by atoms with Gasteiger partial charge in [-0.25, -0.2) is 27.2 Å². The number of halogens is 4. The number of hydrogen-bond acceptors (Lipinski definition) is 8.